The number of alkyl carbamates (subject to hydrolysis) is 1. The number of nitrogens with one attached hydrogen (secondary N) is 1. The Labute approximate surface area is 117 Å². The van der Waals surface area contributed by atoms with E-state index >= 15 is 0 Å². The van der Waals surface area contributed by atoms with Crippen molar-refractivity contribution in [2.45, 2.75) is 46.3 Å². The molecular weight excluding hydrogens is 264 g/mol. The number of carboxylic acid groups (broad SMARTS) is 1. The number of carbonyl (C=O) groups excluding carboxylic acids is 1. The van der Waals surface area contributed by atoms with Crippen LogP contribution < -0.4 is 5.32 Å². The van der Waals surface area contributed by atoms with Gasteiger partial charge in [0.2, 0.25) is 0 Å². The predicted octanol–water partition coefficient (Wildman–Crippen LogP) is 2.59. The van der Waals surface area contributed by atoms with Crippen molar-refractivity contribution >= 4 is 12.1 Å². The highest BCUT2D eigenvalue weighted by molar-refractivity contribution is 5.88. The van der Waals surface area contributed by atoms with Gasteiger partial charge in [-0.15, -0.1) is 0 Å². The van der Waals surface area contributed by atoms with Gasteiger partial charge in [0.05, 0.1) is 6.04 Å². The van der Waals surface area contributed by atoms with Crippen LogP contribution in [0.5, 0.6) is 0 Å². The lowest BCUT2D eigenvalue weighted by Gasteiger charge is -2.24. The summed E-state index contributed by atoms with van der Waals surface area (Å²) in [4.78, 5) is 22.9. The van der Waals surface area contributed by atoms with Crippen LogP contribution in [0.15, 0.2) is 10.8 Å². The molecule has 20 heavy (non-hydrogen) atoms. The van der Waals surface area contributed by atoms with Gasteiger partial charge in [0.15, 0.2) is 0 Å². The van der Waals surface area contributed by atoms with Gasteiger partial charge >= 0.3 is 12.1 Å². The van der Waals surface area contributed by atoms with E-state index in [1.54, 1.807) is 20.8 Å². The number of nitrogens with zero attached hydrogens (tertiary/aromatic N) is 1. The number of rotatable bonds is 4. The van der Waals surface area contributed by atoms with Crippen LogP contribution in [0.25, 0.3) is 0 Å². The van der Waals surface area contributed by atoms with E-state index in [-0.39, 0.29) is 17.2 Å². The summed E-state index contributed by atoms with van der Waals surface area (Å²) in [6.07, 6.45) is 0.416. The lowest BCUT2D eigenvalue weighted by molar-refractivity contribution is 0.0483. The van der Waals surface area contributed by atoms with Gasteiger partial charge in [-0.3, -0.25) is 0 Å². The standard InChI is InChI=1S/C13H20N2O5/c1-7(2)9(14-12(18)20-13(3,4)5)10-8(11(16)17)6-19-15-10/h6-7,9H,1-5H3,(H,14,18)(H,16,17)/t9-/m1/s1. The molecule has 2 N–H and O–H groups in total. The first kappa shape index (κ1) is 16.0. The highest BCUT2D eigenvalue weighted by Crippen LogP contribution is 2.24. The molecule has 0 bridgehead atoms. The first-order chi connectivity index (χ1) is 9.11. The van der Waals surface area contributed by atoms with E-state index in [1.165, 1.54) is 0 Å². The number of hydrogen-bond donors (Lipinski definition) is 2. The molecule has 1 rings (SSSR count). The second-order valence-corrected chi connectivity index (χ2v) is 5.79. The maximum absolute atomic E-state index is 11.8. The van der Waals surface area contributed by atoms with Crippen LogP contribution in [0.2, 0.25) is 0 Å². The van der Waals surface area contributed by atoms with E-state index in [0.717, 1.165) is 6.26 Å². The number of ether oxygens (including phenoxy) is 1. The molecule has 7 nitrogen and oxygen atoms in total. The summed E-state index contributed by atoms with van der Waals surface area (Å²) in [6, 6.07) is -0.602. The number of aromatic nitrogens is 1. The van der Waals surface area contributed by atoms with E-state index in [9.17, 15) is 9.59 Å². The molecule has 0 saturated heterocycles. The van der Waals surface area contributed by atoms with Crippen molar-refractivity contribution in [1.29, 1.82) is 0 Å². The fraction of sp³-hybridized carbons (Fsp3) is 0.615. The third-order valence-electron chi connectivity index (χ3n) is 2.46. The van der Waals surface area contributed by atoms with Gasteiger partial charge in [0.1, 0.15) is 23.1 Å². The SMILES string of the molecule is CC(C)[C@@H](NC(=O)OC(C)(C)C)c1nocc1C(=O)O. The van der Waals surface area contributed by atoms with Gasteiger partial charge in [-0.05, 0) is 26.7 Å². The fourth-order valence-corrected chi connectivity index (χ4v) is 1.61. The molecule has 0 unspecified atom stereocenters. The Bertz CT molecular complexity index is 487. The molecule has 1 heterocycles. The molecule has 1 aromatic rings. The summed E-state index contributed by atoms with van der Waals surface area (Å²) >= 11 is 0. The minimum absolute atomic E-state index is 0.0697. The van der Waals surface area contributed by atoms with Crippen molar-refractivity contribution in [3.05, 3.63) is 17.5 Å². The number of aromatic carboxylic acids is 1. The third-order valence-corrected chi connectivity index (χ3v) is 2.46. The second-order valence-electron chi connectivity index (χ2n) is 5.79. The fourth-order valence-electron chi connectivity index (χ4n) is 1.61. The Morgan fingerprint density at radius 2 is 2.00 bits per heavy atom. The lowest BCUT2D eigenvalue weighted by Crippen LogP contribution is -2.37. The Morgan fingerprint density at radius 1 is 1.40 bits per heavy atom. The second kappa shape index (κ2) is 5.94. The molecule has 1 amide bonds. The maximum atomic E-state index is 11.8. The molecule has 0 spiro atoms. The van der Waals surface area contributed by atoms with Crippen molar-refractivity contribution in [2.24, 2.45) is 5.92 Å². The third kappa shape index (κ3) is 4.25. The van der Waals surface area contributed by atoms with Gasteiger partial charge in [-0.25, -0.2) is 9.59 Å². The molecule has 0 radical (unpaired) electrons. The maximum Gasteiger partial charge on any atom is 0.408 e. The molecule has 0 aliphatic rings. The zero-order chi connectivity index (χ0) is 15.5. The molecule has 0 aliphatic carbocycles. The Kier molecular flexibility index (Phi) is 4.75. The van der Waals surface area contributed by atoms with Crippen molar-refractivity contribution in [3.63, 3.8) is 0 Å². The highest BCUT2D eigenvalue weighted by atomic mass is 16.6. The van der Waals surface area contributed by atoms with Crippen LogP contribution in [0.4, 0.5) is 4.79 Å². The van der Waals surface area contributed by atoms with Crippen molar-refractivity contribution in [3.8, 4) is 0 Å². The van der Waals surface area contributed by atoms with Crippen LogP contribution >= 0.6 is 0 Å². The molecular formula is C13H20N2O5. The summed E-state index contributed by atoms with van der Waals surface area (Å²) in [5.41, 5.74) is -0.524. The van der Waals surface area contributed by atoms with E-state index < -0.39 is 23.7 Å². The molecule has 0 fully saturated rings. The summed E-state index contributed by atoms with van der Waals surface area (Å²) in [5.74, 6) is -1.23. The summed E-state index contributed by atoms with van der Waals surface area (Å²) in [6.45, 7) is 8.91. The largest absolute Gasteiger partial charge is 0.478 e. The predicted molar refractivity (Wildman–Crippen MR) is 70.4 cm³/mol. The Balaban J connectivity index is 2.93. The number of amides is 1. The minimum atomic E-state index is -1.15. The highest BCUT2D eigenvalue weighted by Gasteiger charge is 2.29. The molecule has 1 atom stereocenters. The Hall–Kier alpha value is -2.05. The minimum Gasteiger partial charge on any atom is -0.478 e. The summed E-state index contributed by atoms with van der Waals surface area (Å²) < 4.78 is 9.86. The normalized spacial score (nSPS) is 13.1. The quantitative estimate of drug-likeness (QED) is 0.881. The molecule has 1 aromatic heterocycles. The van der Waals surface area contributed by atoms with E-state index in [4.69, 9.17) is 14.4 Å². The Morgan fingerprint density at radius 3 is 2.45 bits per heavy atom. The average molecular weight is 284 g/mol. The van der Waals surface area contributed by atoms with Gasteiger partial charge in [-0.1, -0.05) is 19.0 Å². The first-order valence-electron chi connectivity index (χ1n) is 6.29. The zero-order valence-corrected chi connectivity index (χ0v) is 12.3. The number of carboxylic acids is 1. The van der Waals surface area contributed by atoms with Gasteiger partial charge in [-0.2, -0.15) is 0 Å². The topological polar surface area (TPSA) is 102 Å². The van der Waals surface area contributed by atoms with Crippen molar-refractivity contribution < 1.29 is 24.0 Å². The number of carbonyl (C=O) groups is 2. The van der Waals surface area contributed by atoms with Crippen molar-refractivity contribution in [1.82, 2.24) is 10.5 Å². The molecule has 0 aromatic carbocycles. The van der Waals surface area contributed by atoms with Gasteiger partial charge in [0, 0.05) is 0 Å². The van der Waals surface area contributed by atoms with Crippen LogP contribution in [0.3, 0.4) is 0 Å². The first-order valence-corrected chi connectivity index (χ1v) is 6.29. The van der Waals surface area contributed by atoms with Crippen LogP contribution in [-0.2, 0) is 4.74 Å². The molecule has 7 heteroatoms. The number of hydrogen-bond acceptors (Lipinski definition) is 5. The van der Waals surface area contributed by atoms with E-state index in [2.05, 4.69) is 10.5 Å². The van der Waals surface area contributed by atoms with Crippen LogP contribution in [0, 0.1) is 5.92 Å². The van der Waals surface area contributed by atoms with Crippen LogP contribution in [0.1, 0.15) is 56.7 Å². The summed E-state index contributed by atoms with van der Waals surface area (Å²) in [7, 11) is 0. The smallest absolute Gasteiger partial charge is 0.408 e. The average Bonchev–Trinajstić information content (AvgIpc) is 2.71. The van der Waals surface area contributed by atoms with E-state index in [0.29, 0.717) is 0 Å². The van der Waals surface area contributed by atoms with Gasteiger partial charge < -0.3 is 19.7 Å². The van der Waals surface area contributed by atoms with E-state index in [1.807, 2.05) is 13.8 Å². The molecule has 0 aliphatic heterocycles. The van der Waals surface area contributed by atoms with Crippen LogP contribution in [-0.4, -0.2) is 27.9 Å². The lowest BCUT2D eigenvalue weighted by atomic mass is 9.98. The van der Waals surface area contributed by atoms with Gasteiger partial charge in [0.25, 0.3) is 0 Å². The molecule has 0 saturated carbocycles. The molecule has 112 valence electrons. The summed E-state index contributed by atoms with van der Waals surface area (Å²) in [5, 5.41) is 15.4. The monoisotopic (exact) mass is 284 g/mol. The van der Waals surface area contributed by atoms with Crippen molar-refractivity contribution in [2.75, 3.05) is 0 Å². The zero-order valence-electron chi connectivity index (χ0n) is 12.3.